The molecule has 0 aromatic heterocycles. The third kappa shape index (κ3) is 9.70. The minimum atomic E-state index is 1.14. The van der Waals surface area contributed by atoms with E-state index in [4.69, 9.17) is 0 Å². The van der Waals surface area contributed by atoms with Crippen molar-refractivity contribution in [3.8, 4) is 0 Å². The Hall–Kier alpha value is -0.300. The summed E-state index contributed by atoms with van der Waals surface area (Å²) >= 11 is 0. The minimum Gasteiger partial charge on any atom is -0.316 e. The Morgan fingerprint density at radius 2 is 1.67 bits per heavy atom. The van der Waals surface area contributed by atoms with E-state index >= 15 is 0 Å². The summed E-state index contributed by atoms with van der Waals surface area (Å²) in [6, 6.07) is 0. The average Bonchev–Trinajstić information content (AvgIpc) is 2.10. The molecular weight excluding hydrogens is 146 g/mol. The number of hydrogen-bond donors (Lipinski definition) is 1. The number of nitrogens with one attached hydrogen (secondary N) is 1. The van der Waals surface area contributed by atoms with Gasteiger partial charge in [0, 0.05) is 0 Å². The lowest BCUT2D eigenvalue weighted by Crippen LogP contribution is -2.14. The van der Waals surface area contributed by atoms with Gasteiger partial charge < -0.3 is 5.32 Å². The van der Waals surface area contributed by atoms with E-state index in [-0.39, 0.29) is 0 Å². The molecule has 0 saturated carbocycles. The fourth-order valence-corrected chi connectivity index (χ4v) is 1.04. The zero-order valence-electron chi connectivity index (χ0n) is 8.60. The molecule has 0 aliphatic rings. The van der Waals surface area contributed by atoms with Crippen LogP contribution in [-0.2, 0) is 0 Å². The molecule has 0 aliphatic heterocycles. The van der Waals surface area contributed by atoms with E-state index in [1.807, 2.05) is 0 Å². The summed E-state index contributed by atoms with van der Waals surface area (Å²) in [5.74, 6) is 0. The highest BCUT2D eigenvalue weighted by atomic mass is 14.8. The maximum Gasteiger partial charge on any atom is -0.00143 e. The molecule has 0 fully saturated rings. The van der Waals surface area contributed by atoms with Crippen molar-refractivity contribution >= 4 is 0 Å². The van der Waals surface area contributed by atoms with Crippen LogP contribution in [0.3, 0.4) is 0 Å². The number of unbranched alkanes of at least 4 members (excludes halogenated alkanes) is 2. The first kappa shape index (κ1) is 11.7. The van der Waals surface area contributed by atoms with Gasteiger partial charge in [0.15, 0.2) is 0 Å². The number of hydrogen-bond acceptors (Lipinski definition) is 1. The standard InChI is InChI=1S/C11H23N/c1-3-5-6-7-8-9-11-12-10-4-2/h7-8,12H,3-6,9-11H2,1-2H3. The highest BCUT2D eigenvalue weighted by Gasteiger charge is 1.81. The van der Waals surface area contributed by atoms with Crippen molar-refractivity contribution in [2.75, 3.05) is 13.1 Å². The van der Waals surface area contributed by atoms with E-state index in [0.29, 0.717) is 0 Å². The Kier molecular flexibility index (Phi) is 10.4. The van der Waals surface area contributed by atoms with Crippen LogP contribution in [0, 0.1) is 0 Å². The monoisotopic (exact) mass is 169 g/mol. The average molecular weight is 169 g/mol. The van der Waals surface area contributed by atoms with Crippen molar-refractivity contribution in [2.45, 2.75) is 46.0 Å². The first-order chi connectivity index (χ1) is 5.91. The van der Waals surface area contributed by atoms with Crippen molar-refractivity contribution in [3.63, 3.8) is 0 Å². The van der Waals surface area contributed by atoms with Crippen LogP contribution in [0.2, 0.25) is 0 Å². The predicted octanol–water partition coefficient (Wildman–Crippen LogP) is 3.12. The van der Waals surface area contributed by atoms with Crippen LogP contribution >= 0.6 is 0 Å². The topological polar surface area (TPSA) is 12.0 Å². The molecule has 1 N–H and O–H groups in total. The molecule has 1 nitrogen and oxygen atoms in total. The van der Waals surface area contributed by atoms with Gasteiger partial charge in [0.1, 0.15) is 0 Å². The third-order valence-electron chi connectivity index (χ3n) is 1.81. The molecule has 0 radical (unpaired) electrons. The lowest BCUT2D eigenvalue weighted by molar-refractivity contribution is 0.677. The quantitative estimate of drug-likeness (QED) is 0.435. The van der Waals surface area contributed by atoms with E-state index in [2.05, 4.69) is 31.3 Å². The van der Waals surface area contributed by atoms with Crippen molar-refractivity contribution < 1.29 is 0 Å². The van der Waals surface area contributed by atoms with E-state index in [9.17, 15) is 0 Å². The molecule has 0 heterocycles. The molecular formula is C11H23N. The number of allylic oxidation sites excluding steroid dienone is 1. The SMILES string of the molecule is CCCCC=CCCNCCC. The first-order valence-electron chi connectivity index (χ1n) is 5.27. The van der Waals surface area contributed by atoms with Gasteiger partial charge in [-0.25, -0.2) is 0 Å². The highest BCUT2D eigenvalue weighted by Crippen LogP contribution is 1.95. The fraction of sp³-hybridized carbons (Fsp3) is 0.818. The Balaban J connectivity index is 2.92. The van der Waals surface area contributed by atoms with Crippen molar-refractivity contribution in [3.05, 3.63) is 12.2 Å². The van der Waals surface area contributed by atoms with E-state index in [1.54, 1.807) is 0 Å². The summed E-state index contributed by atoms with van der Waals surface area (Å²) in [6.07, 6.45) is 10.9. The number of rotatable bonds is 8. The fourth-order valence-electron chi connectivity index (χ4n) is 1.04. The predicted molar refractivity (Wildman–Crippen MR) is 56.4 cm³/mol. The summed E-state index contributed by atoms with van der Waals surface area (Å²) in [7, 11) is 0. The molecule has 72 valence electrons. The Morgan fingerprint density at radius 1 is 0.917 bits per heavy atom. The maximum atomic E-state index is 3.37. The van der Waals surface area contributed by atoms with E-state index < -0.39 is 0 Å². The molecule has 1 heteroatoms. The van der Waals surface area contributed by atoms with Gasteiger partial charge in [0.05, 0.1) is 0 Å². The maximum absolute atomic E-state index is 3.37. The van der Waals surface area contributed by atoms with Crippen LogP contribution in [0.1, 0.15) is 46.0 Å². The third-order valence-corrected chi connectivity index (χ3v) is 1.81. The molecule has 12 heavy (non-hydrogen) atoms. The second-order valence-electron chi connectivity index (χ2n) is 3.15. The molecule has 0 bridgehead atoms. The van der Waals surface area contributed by atoms with Gasteiger partial charge >= 0.3 is 0 Å². The van der Waals surface area contributed by atoms with Crippen LogP contribution in [0.15, 0.2) is 12.2 Å². The molecule has 0 saturated heterocycles. The van der Waals surface area contributed by atoms with Gasteiger partial charge in [0.2, 0.25) is 0 Å². The van der Waals surface area contributed by atoms with Gasteiger partial charge in [-0.2, -0.15) is 0 Å². The summed E-state index contributed by atoms with van der Waals surface area (Å²) in [5, 5.41) is 3.37. The van der Waals surface area contributed by atoms with Gasteiger partial charge in [0.25, 0.3) is 0 Å². The Bertz CT molecular complexity index is 97.2. The Labute approximate surface area is 77.2 Å². The van der Waals surface area contributed by atoms with Crippen molar-refractivity contribution in [2.24, 2.45) is 0 Å². The first-order valence-corrected chi connectivity index (χ1v) is 5.27. The molecule has 0 aromatic carbocycles. The summed E-state index contributed by atoms with van der Waals surface area (Å²) in [5.41, 5.74) is 0. The molecule has 0 atom stereocenters. The Morgan fingerprint density at radius 3 is 2.33 bits per heavy atom. The lowest BCUT2D eigenvalue weighted by atomic mass is 10.2. The molecule has 0 amide bonds. The van der Waals surface area contributed by atoms with Crippen LogP contribution in [-0.4, -0.2) is 13.1 Å². The lowest BCUT2D eigenvalue weighted by Gasteiger charge is -1.97. The van der Waals surface area contributed by atoms with Gasteiger partial charge in [-0.1, -0.05) is 38.8 Å². The zero-order valence-corrected chi connectivity index (χ0v) is 8.60. The second-order valence-corrected chi connectivity index (χ2v) is 3.15. The van der Waals surface area contributed by atoms with Crippen molar-refractivity contribution in [1.82, 2.24) is 5.32 Å². The van der Waals surface area contributed by atoms with Gasteiger partial charge in [-0.15, -0.1) is 0 Å². The van der Waals surface area contributed by atoms with Crippen LogP contribution in [0.4, 0.5) is 0 Å². The minimum absolute atomic E-state index is 1.14. The normalized spacial score (nSPS) is 11.2. The van der Waals surface area contributed by atoms with E-state index in [1.165, 1.54) is 32.1 Å². The molecule has 0 rings (SSSR count). The van der Waals surface area contributed by atoms with Crippen molar-refractivity contribution in [1.29, 1.82) is 0 Å². The van der Waals surface area contributed by atoms with Crippen LogP contribution in [0.25, 0.3) is 0 Å². The van der Waals surface area contributed by atoms with Crippen LogP contribution in [0.5, 0.6) is 0 Å². The summed E-state index contributed by atoms with van der Waals surface area (Å²) in [6.45, 7) is 6.72. The smallest absolute Gasteiger partial charge is 0.00143 e. The molecule has 0 unspecified atom stereocenters. The zero-order chi connectivity index (χ0) is 9.07. The van der Waals surface area contributed by atoms with E-state index in [0.717, 1.165) is 13.1 Å². The molecule has 0 spiro atoms. The second kappa shape index (κ2) is 10.7. The summed E-state index contributed by atoms with van der Waals surface area (Å²) < 4.78 is 0. The highest BCUT2D eigenvalue weighted by molar-refractivity contribution is 4.81. The van der Waals surface area contributed by atoms with Gasteiger partial charge in [-0.3, -0.25) is 0 Å². The van der Waals surface area contributed by atoms with Crippen LogP contribution < -0.4 is 5.32 Å². The largest absolute Gasteiger partial charge is 0.316 e. The summed E-state index contributed by atoms with van der Waals surface area (Å²) in [4.78, 5) is 0. The molecule has 0 aliphatic carbocycles. The van der Waals surface area contributed by atoms with Gasteiger partial charge in [-0.05, 0) is 32.4 Å². The molecule has 0 aromatic rings.